The first-order valence-corrected chi connectivity index (χ1v) is 6.66. The van der Waals surface area contributed by atoms with Crippen LogP contribution in [-0.2, 0) is 0 Å². The second kappa shape index (κ2) is 4.21. The minimum atomic E-state index is 0.168. The van der Waals surface area contributed by atoms with E-state index in [0.717, 1.165) is 26.6 Å². The van der Waals surface area contributed by atoms with Crippen molar-refractivity contribution in [2.24, 2.45) is 4.40 Å². The Balaban J connectivity index is 2.96. The van der Waals surface area contributed by atoms with Gasteiger partial charge < -0.3 is 0 Å². The molecule has 0 saturated carbocycles. The fourth-order valence-electron chi connectivity index (χ4n) is 1.55. The van der Waals surface area contributed by atoms with Crippen molar-refractivity contribution in [2.75, 3.05) is 0 Å². The Morgan fingerprint density at radius 3 is 2.56 bits per heavy atom. The molecule has 0 fully saturated rings. The topological polar surface area (TPSA) is 59.9 Å². The second-order valence-electron chi connectivity index (χ2n) is 3.37. The lowest BCUT2D eigenvalue weighted by Gasteiger charge is -2.02. The molecule has 0 radical (unpaired) electrons. The maximum atomic E-state index is 8.90. The van der Waals surface area contributed by atoms with Crippen LogP contribution in [-0.4, -0.2) is 0 Å². The number of fused-ring (bicyclic) bond motifs is 1. The summed E-state index contributed by atoms with van der Waals surface area (Å²) < 4.78 is 4.32. The van der Waals surface area contributed by atoms with Gasteiger partial charge in [-0.05, 0) is 41.8 Å². The summed E-state index contributed by atoms with van der Waals surface area (Å²) in [5.41, 5.74) is 2.18. The molecule has 3 nitrogen and oxygen atoms in total. The second-order valence-corrected chi connectivity index (χ2v) is 5.25. The van der Waals surface area contributed by atoms with Gasteiger partial charge in [0.15, 0.2) is 0 Å². The van der Waals surface area contributed by atoms with E-state index >= 15 is 0 Å². The molecule has 0 aliphatic carbocycles. The molecule has 0 saturated heterocycles. The van der Waals surface area contributed by atoms with Crippen LogP contribution in [0.4, 0.5) is 0 Å². The normalized spacial score (nSPS) is 12.2. The van der Waals surface area contributed by atoms with E-state index in [-0.39, 0.29) is 5.57 Å². The van der Waals surface area contributed by atoms with Crippen LogP contribution in [0.25, 0.3) is 5.57 Å². The molecule has 0 spiro atoms. The molecule has 0 bridgehead atoms. The number of nitrogens with zero attached hydrogens (tertiary/aromatic N) is 3. The van der Waals surface area contributed by atoms with Crippen molar-refractivity contribution in [1.82, 2.24) is 0 Å². The maximum absolute atomic E-state index is 8.90. The molecule has 2 rings (SSSR count). The number of benzene rings is 1. The van der Waals surface area contributed by atoms with Crippen LogP contribution < -0.4 is 10.6 Å². The Morgan fingerprint density at radius 2 is 1.94 bits per heavy atom. The third-order valence-electron chi connectivity index (χ3n) is 2.58. The van der Waals surface area contributed by atoms with Crippen molar-refractivity contribution in [3.8, 4) is 12.1 Å². The summed E-state index contributed by atoms with van der Waals surface area (Å²) in [6.07, 6.45) is 0. The molecule has 16 heavy (non-hydrogen) atoms. The number of nitriles is 2. The molecule has 0 atom stereocenters. The molecule has 0 unspecified atom stereocenters. The summed E-state index contributed by atoms with van der Waals surface area (Å²) in [7, 11) is 2.99. The molecule has 78 valence electrons. The van der Waals surface area contributed by atoms with E-state index in [1.165, 1.54) is 11.0 Å². The Hall–Kier alpha value is -1.43. The van der Waals surface area contributed by atoms with Gasteiger partial charge in [-0.1, -0.05) is 0 Å². The summed E-state index contributed by atoms with van der Waals surface area (Å²) in [5.74, 6) is 0. The van der Waals surface area contributed by atoms with Crippen LogP contribution >= 0.6 is 21.8 Å². The zero-order chi connectivity index (χ0) is 11.7. The van der Waals surface area contributed by atoms with Crippen molar-refractivity contribution in [2.45, 2.75) is 18.7 Å². The molecule has 5 heteroatoms. The largest absolute Gasteiger partial charge is 0.203 e. The van der Waals surface area contributed by atoms with Gasteiger partial charge in [-0.15, -0.1) is 0 Å². The molecule has 1 aromatic carbocycles. The van der Waals surface area contributed by atoms with Gasteiger partial charge in [0.2, 0.25) is 0 Å². The first-order chi connectivity index (χ1) is 7.69. The SMILES string of the molecule is Cc1c(C)c2c(cc1=C(C#N)C#N)SSN=2. The predicted molar refractivity (Wildman–Crippen MR) is 64.8 cm³/mol. The minimum Gasteiger partial charge on any atom is -0.203 e. The third-order valence-corrected chi connectivity index (χ3v) is 4.39. The van der Waals surface area contributed by atoms with Gasteiger partial charge in [0.05, 0.1) is 5.36 Å². The van der Waals surface area contributed by atoms with Crippen LogP contribution in [0.3, 0.4) is 0 Å². The van der Waals surface area contributed by atoms with E-state index in [4.69, 9.17) is 10.5 Å². The standard InChI is InChI=1S/C11H7N3S2/c1-6-7(2)11-10(15-16-14-11)3-9(6)8(4-12)5-13/h3H,1-2H3. The highest BCUT2D eigenvalue weighted by atomic mass is 33.1. The molecule has 1 aliphatic heterocycles. The van der Waals surface area contributed by atoms with Crippen molar-refractivity contribution >= 4 is 27.3 Å². The van der Waals surface area contributed by atoms with E-state index in [0.29, 0.717) is 0 Å². The Kier molecular flexibility index (Phi) is 2.91. The Morgan fingerprint density at radius 1 is 1.25 bits per heavy atom. The molecular weight excluding hydrogens is 238 g/mol. The predicted octanol–water partition coefficient (Wildman–Crippen LogP) is 1.79. The summed E-state index contributed by atoms with van der Waals surface area (Å²) in [6, 6.07) is 5.75. The molecule has 1 aliphatic rings. The van der Waals surface area contributed by atoms with Crippen molar-refractivity contribution in [3.63, 3.8) is 0 Å². The average molecular weight is 245 g/mol. The first-order valence-electron chi connectivity index (χ1n) is 4.55. The monoisotopic (exact) mass is 245 g/mol. The third kappa shape index (κ3) is 1.59. The summed E-state index contributed by atoms with van der Waals surface area (Å²) >= 11 is 0. The fourth-order valence-corrected chi connectivity index (χ4v) is 3.44. The lowest BCUT2D eigenvalue weighted by Crippen LogP contribution is -2.20. The zero-order valence-electron chi connectivity index (χ0n) is 8.74. The summed E-state index contributed by atoms with van der Waals surface area (Å²) in [5, 5.41) is 19.5. The Labute approximate surface area is 101 Å². The van der Waals surface area contributed by atoms with Crippen molar-refractivity contribution in [1.29, 1.82) is 10.5 Å². The lowest BCUT2D eigenvalue weighted by atomic mass is 10.0. The summed E-state index contributed by atoms with van der Waals surface area (Å²) in [4.78, 5) is 1.03. The summed E-state index contributed by atoms with van der Waals surface area (Å²) in [6.45, 7) is 3.89. The van der Waals surface area contributed by atoms with Gasteiger partial charge in [-0.3, -0.25) is 0 Å². The van der Waals surface area contributed by atoms with Gasteiger partial charge >= 0.3 is 0 Å². The maximum Gasteiger partial charge on any atom is 0.137 e. The Bertz CT molecular complexity index is 646. The van der Waals surface area contributed by atoms with Gasteiger partial charge in [-0.2, -0.15) is 10.5 Å². The average Bonchev–Trinajstić information content (AvgIpc) is 2.75. The van der Waals surface area contributed by atoms with Crippen LogP contribution in [0.15, 0.2) is 15.4 Å². The molecule has 0 aromatic heterocycles. The minimum absolute atomic E-state index is 0.168. The zero-order valence-corrected chi connectivity index (χ0v) is 10.4. The van der Waals surface area contributed by atoms with E-state index < -0.39 is 0 Å². The van der Waals surface area contributed by atoms with Crippen LogP contribution in [0, 0.1) is 36.5 Å². The van der Waals surface area contributed by atoms with Crippen molar-refractivity contribution in [3.05, 3.63) is 27.8 Å². The van der Waals surface area contributed by atoms with Crippen LogP contribution in [0.2, 0.25) is 0 Å². The fraction of sp³-hybridized carbons (Fsp3) is 0.182. The van der Waals surface area contributed by atoms with E-state index in [1.807, 2.05) is 32.1 Å². The van der Waals surface area contributed by atoms with Gasteiger partial charge in [0, 0.05) is 21.1 Å². The number of rotatable bonds is 0. The first kappa shape index (κ1) is 11.1. The van der Waals surface area contributed by atoms with E-state index in [9.17, 15) is 0 Å². The van der Waals surface area contributed by atoms with E-state index in [1.54, 1.807) is 10.8 Å². The smallest absolute Gasteiger partial charge is 0.137 e. The van der Waals surface area contributed by atoms with Gasteiger partial charge in [0.25, 0.3) is 0 Å². The highest BCUT2D eigenvalue weighted by molar-refractivity contribution is 8.76. The lowest BCUT2D eigenvalue weighted by molar-refractivity contribution is 1.16. The number of hydrogen-bond donors (Lipinski definition) is 0. The quantitative estimate of drug-likeness (QED) is 0.516. The van der Waals surface area contributed by atoms with Gasteiger partial charge in [-0.25, -0.2) is 4.40 Å². The highest BCUT2D eigenvalue weighted by Gasteiger charge is 2.13. The highest BCUT2D eigenvalue weighted by Crippen LogP contribution is 2.33. The molecule has 0 amide bonds. The molecule has 0 N–H and O–H groups in total. The van der Waals surface area contributed by atoms with Crippen LogP contribution in [0.1, 0.15) is 11.1 Å². The number of hydrogen-bond acceptors (Lipinski definition) is 5. The molecular formula is C11H7N3S2. The van der Waals surface area contributed by atoms with Gasteiger partial charge in [0.1, 0.15) is 17.7 Å². The van der Waals surface area contributed by atoms with Crippen LogP contribution in [0.5, 0.6) is 0 Å². The molecule has 1 aromatic rings. The van der Waals surface area contributed by atoms with Crippen molar-refractivity contribution < 1.29 is 0 Å². The van der Waals surface area contributed by atoms with E-state index in [2.05, 4.69) is 4.40 Å². The molecule has 1 heterocycles.